The van der Waals surface area contributed by atoms with Gasteiger partial charge in [0, 0.05) is 29.8 Å². The van der Waals surface area contributed by atoms with E-state index in [-0.39, 0.29) is 22.9 Å². The van der Waals surface area contributed by atoms with Crippen LogP contribution in [0.4, 0.5) is 5.69 Å². The lowest BCUT2D eigenvalue weighted by molar-refractivity contribution is -0.118. The van der Waals surface area contributed by atoms with Gasteiger partial charge in [0.05, 0.1) is 5.25 Å². The summed E-state index contributed by atoms with van der Waals surface area (Å²) in [7, 11) is 1.91. The van der Waals surface area contributed by atoms with Crippen LogP contribution in [0.5, 0.6) is 0 Å². The third-order valence-electron chi connectivity index (χ3n) is 4.83. The number of amides is 1. The van der Waals surface area contributed by atoms with Gasteiger partial charge in [-0.1, -0.05) is 49.9 Å². The zero-order valence-electron chi connectivity index (χ0n) is 17.8. The summed E-state index contributed by atoms with van der Waals surface area (Å²) in [6.07, 6.45) is 0. The Bertz CT molecular complexity index is 1060. The molecule has 0 aliphatic carbocycles. The Morgan fingerprint density at radius 3 is 2.30 bits per heavy atom. The van der Waals surface area contributed by atoms with E-state index in [2.05, 4.69) is 15.5 Å². The third-order valence-corrected chi connectivity index (χ3v) is 5.97. The number of carbonyl (C=O) groups is 2. The molecule has 1 N–H and O–H groups in total. The van der Waals surface area contributed by atoms with Crippen molar-refractivity contribution in [2.45, 2.75) is 38.1 Å². The molecule has 0 fully saturated rings. The maximum absolute atomic E-state index is 12.9. The van der Waals surface area contributed by atoms with Crippen LogP contribution in [-0.2, 0) is 11.8 Å². The van der Waals surface area contributed by atoms with Gasteiger partial charge in [0.2, 0.25) is 5.91 Å². The number of hydrogen-bond acceptors (Lipinski definition) is 5. The molecule has 1 heterocycles. The molecule has 0 spiro atoms. The molecule has 0 bridgehead atoms. The van der Waals surface area contributed by atoms with Crippen LogP contribution >= 0.6 is 11.8 Å². The topological polar surface area (TPSA) is 76.9 Å². The predicted octanol–water partition coefficient (Wildman–Crippen LogP) is 4.75. The van der Waals surface area contributed by atoms with Crippen molar-refractivity contribution in [1.29, 1.82) is 0 Å². The first kappa shape index (κ1) is 21.8. The van der Waals surface area contributed by atoms with E-state index < -0.39 is 0 Å². The molecule has 3 aromatic rings. The van der Waals surface area contributed by atoms with Crippen molar-refractivity contribution in [2.24, 2.45) is 13.0 Å². The summed E-state index contributed by atoms with van der Waals surface area (Å²) in [6.45, 7) is 7.58. The zero-order valence-corrected chi connectivity index (χ0v) is 18.7. The van der Waals surface area contributed by atoms with E-state index in [1.807, 2.05) is 63.6 Å². The quantitative estimate of drug-likeness (QED) is 0.439. The van der Waals surface area contributed by atoms with Crippen LogP contribution in [0.15, 0.2) is 53.7 Å². The van der Waals surface area contributed by atoms with Crippen molar-refractivity contribution >= 4 is 29.1 Å². The monoisotopic (exact) mass is 422 g/mol. The molecule has 0 saturated heterocycles. The number of rotatable bonds is 7. The molecule has 3 rings (SSSR count). The van der Waals surface area contributed by atoms with Crippen LogP contribution in [0.3, 0.4) is 0 Å². The van der Waals surface area contributed by atoms with E-state index in [4.69, 9.17) is 0 Å². The van der Waals surface area contributed by atoms with Crippen molar-refractivity contribution in [3.8, 4) is 11.4 Å². The molecule has 0 aliphatic heterocycles. The third kappa shape index (κ3) is 4.79. The lowest BCUT2D eigenvalue weighted by Gasteiger charge is -2.12. The second kappa shape index (κ2) is 9.26. The number of nitrogens with zero attached hydrogens (tertiary/aromatic N) is 3. The van der Waals surface area contributed by atoms with Crippen molar-refractivity contribution in [1.82, 2.24) is 14.8 Å². The van der Waals surface area contributed by atoms with Gasteiger partial charge >= 0.3 is 0 Å². The van der Waals surface area contributed by atoms with E-state index in [1.54, 1.807) is 24.3 Å². The summed E-state index contributed by atoms with van der Waals surface area (Å²) in [6, 6.07) is 15.0. The van der Waals surface area contributed by atoms with Gasteiger partial charge in [0.25, 0.3) is 0 Å². The van der Waals surface area contributed by atoms with Gasteiger partial charge < -0.3 is 9.88 Å². The SMILES string of the molecule is Cc1ccccc1-c1nnc(S[C@H](C)C(=O)c2ccc(NC(=O)C(C)C)cc2)n1C. The number of ketones is 1. The Labute approximate surface area is 181 Å². The molecule has 6 nitrogen and oxygen atoms in total. The Hall–Kier alpha value is -2.93. The molecule has 156 valence electrons. The number of aryl methyl sites for hydroxylation is 1. The molecular weight excluding hydrogens is 396 g/mol. The van der Waals surface area contributed by atoms with E-state index in [1.165, 1.54) is 11.8 Å². The van der Waals surface area contributed by atoms with Crippen LogP contribution < -0.4 is 5.32 Å². The van der Waals surface area contributed by atoms with Crippen molar-refractivity contribution in [2.75, 3.05) is 5.32 Å². The Morgan fingerprint density at radius 1 is 1.00 bits per heavy atom. The van der Waals surface area contributed by atoms with Crippen LogP contribution in [0.1, 0.15) is 36.7 Å². The molecule has 30 heavy (non-hydrogen) atoms. The highest BCUT2D eigenvalue weighted by molar-refractivity contribution is 8.00. The highest BCUT2D eigenvalue weighted by Gasteiger charge is 2.21. The first-order valence-corrected chi connectivity index (χ1v) is 10.7. The minimum atomic E-state index is -0.325. The Balaban J connectivity index is 1.71. The molecule has 1 amide bonds. The Kier molecular flexibility index (Phi) is 6.72. The molecule has 0 unspecified atom stereocenters. The summed E-state index contributed by atoms with van der Waals surface area (Å²) >= 11 is 1.38. The molecule has 0 radical (unpaired) electrons. The fourth-order valence-corrected chi connectivity index (χ4v) is 3.82. The zero-order chi connectivity index (χ0) is 21.8. The highest BCUT2D eigenvalue weighted by Crippen LogP contribution is 2.28. The fourth-order valence-electron chi connectivity index (χ4n) is 2.93. The highest BCUT2D eigenvalue weighted by atomic mass is 32.2. The summed E-state index contributed by atoms with van der Waals surface area (Å²) in [4.78, 5) is 24.7. The second-order valence-corrected chi connectivity index (χ2v) is 8.83. The number of thioether (sulfide) groups is 1. The summed E-state index contributed by atoms with van der Waals surface area (Å²) in [5, 5.41) is 11.8. The number of anilines is 1. The van der Waals surface area contributed by atoms with Crippen molar-refractivity contribution in [3.63, 3.8) is 0 Å². The molecule has 0 aliphatic rings. The Morgan fingerprint density at radius 2 is 1.67 bits per heavy atom. The summed E-state index contributed by atoms with van der Waals surface area (Å²) < 4.78 is 1.92. The van der Waals surface area contributed by atoms with E-state index >= 15 is 0 Å². The maximum Gasteiger partial charge on any atom is 0.226 e. The van der Waals surface area contributed by atoms with E-state index in [0.29, 0.717) is 16.4 Å². The van der Waals surface area contributed by atoms with Crippen LogP contribution in [0.2, 0.25) is 0 Å². The maximum atomic E-state index is 12.9. The number of Topliss-reactive ketones (excluding diaryl/α,β-unsaturated/α-hetero) is 1. The van der Waals surface area contributed by atoms with Crippen LogP contribution in [-0.4, -0.2) is 31.7 Å². The first-order valence-electron chi connectivity index (χ1n) is 9.85. The van der Waals surface area contributed by atoms with Gasteiger partial charge in [0.1, 0.15) is 0 Å². The first-order chi connectivity index (χ1) is 14.3. The lowest BCUT2D eigenvalue weighted by atomic mass is 10.1. The average Bonchev–Trinajstić information content (AvgIpc) is 3.08. The van der Waals surface area contributed by atoms with Gasteiger partial charge in [-0.25, -0.2) is 0 Å². The minimum Gasteiger partial charge on any atom is -0.326 e. The van der Waals surface area contributed by atoms with Gasteiger partial charge in [-0.05, 0) is 43.7 Å². The fraction of sp³-hybridized carbons (Fsp3) is 0.304. The van der Waals surface area contributed by atoms with E-state index in [9.17, 15) is 9.59 Å². The number of aromatic nitrogens is 3. The molecule has 2 aromatic carbocycles. The smallest absolute Gasteiger partial charge is 0.226 e. The average molecular weight is 423 g/mol. The summed E-state index contributed by atoms with van der Waals surface area (Å²) in [5.41, 5.74) is 3.43. The molecule has 7 heteroatoms. The van der Waals surface area contributed by atoms with Gasteiger partial charge in [-0.2, -0.15) is 0 Å². The summed E-state index contributed by atoms with van der Waals surface area (Å²) in [5.74, 6) is 0.631. The number of carbonyl (C=O) groups excluding carboxylic acids is 2. The normalized spacial score (nSPS) is 12.1. The van der Waals surface area contributed by atoms with E-state index in [0.717, 1.165) is 17.0 Å². The lowest BCUT2D eigenvalue weighted by Crippen LogP contribution is -2.18. The largest absolute Gasteiger partial charge is 0.326 e. The minimum absolute atomic E-state index is 0.00202. The number of hydrogen-bond donors (Lipinski definition) is 1. The molecule has 0 saturated carbocycles. The van der Waals surface area contributed by atoms with Crippen LogP contribution in [0, 0.1) is 12.8 Å². The van der Waals surface area contributed by atoms with Gasteiger partial charge in [-0.3, -0.25) is 9.59 Å². The van der Waals surface area contributed by atoms with Crippen molar-refractivity contribution < 1.29 is 9.59 Å². The molecular formula is C23H26N4O2S. The number of nitrogens with one attached hydrogen (secondary N) is 1. The van der Waals surface area contributed by atoms with Gasteiger partial charge in [0.15, 0.2) is 16.8 Å². The second-order valence-electron chi connectivity index (χ2n) is 7.53. The van der Waals surface area contributed by atoms with Gasteiger partial charge in [-0.15, -0.1) is 10.2 Å². The predicted molar refractivity (Wildman–Crippen MR) is 121 cm³/mol. The standard InChI is InChI=1S/C23H26N4O2S/c1-14(2)22(29)24-18-12-10-17(11-13-18)20(28)16(4)30-23-26-25-21(27(23)5)19-9-7-6-8-15(19)3/h6-14,16H,1-5H3,(H,24,29)/t16-/m1/s1. The molecule has 1 atom stereocenters. The molecule has 1 aromatic heterocycles. The number of benzene rings is 2. The van der Waals surface area contributed by atoms with Crippen LogP contribution in [0.25, 0.3) is 11.4 Å². The van der Waals surface area contributed by atoms with Crippen molar-refractivity contribution in [3.05, 3.63) is 59.7 Å².